The molecule has 1 heterocycles. The minimum Gasteiger partial charge on any atom is -0.353 e. The van der Waals surface area contributed by atoms with Gasteiger partial charge >= 0.3 is 0 Å². The first kappa shape index (κ1) is 13.3. The number of nitrogens with one attached hydrogen (secondary N) is 2. The Kier molecular flexibility index (Phi) is 3.33. The van der Waals surface area contributed by atoms with E-state index in [0.717, 1.165) is 18.4 Å². The Hall–Kier alpha value is -1.69. The van der Waals surface area contributed by atoms with Crippen molar-refractivity contribution in [3.8, 4) is 0 Å². The van der Waals surface area contributed by atoms with Crippen molar-refractivity contribution in [1.82, 2.24) is 14.9 Å². The zero-order chi connectivity index (χ0) is 14.3. The number of nitrogens with zero attached hydrogens (tertiary/aromatic N) is 1. The minimum atomic E-state index is -0.257. The third-order valence-corrected chi connectivity index (χ3v) is 3.88. The van der Waals surface area contributed by atoms with E-state index in [0.29, 0.717) is 34.9 Å². The highest BCUT2D eigenvalue weighted by molar-refractivity contribution is 7.71. The molecule has 0 spiro atoms. The number of H-pyrrole nitrogens is 1. The van der Waals surface area contributed by atoms with Crippen molar-refractivity contribution in [1.29, 1.82) is 0 Å². The molecule has 2 aromatic rings. The molecule has 0 aliphatic heterocycles. The highest BCUT2D eigenvalue weighted by Gasteiger charge is 2.23. The number of aromatic amines is 1. The van der Waals surface area contributed by atoms with Gasteiger partial charge in [0.25, 0.3) is 0 Å². The van der Waals surface area contributed by atoms with Crippen LogP contribution in [0.1, 0.15) is 24.8 Å². The first-order chi connectivity index (χ1) is 9.54. The molecule has 3 rings (SSSR count). The fourth-order valence-electron chi connectivity index (χ4n) is 2.24. The van der Waals surface area contributed by atoms with Crippen LogP contribution in [-0.4, -0.2) is 21.5 Å². The van der Waals surface area contributed by atoms with E-state index in [1.165, 1.54) is 6.07 Å². The zero-order valence-electron chi connectivity index (χ0n) is 11.2. The second kappa shape index (κ2) is 5.01. The van der Waals surface area contributed by atoms with Gasteiger partial charge in [0.2, 0.25) is 5.91 Å². The molecule has 6 heteroatoms. The van der Waals surface area contributed by atoms with E-state index in [4.69, 9.17) is 12.2 Å². The molecule has 1 aromatic carbocycles. The second-order valence-electron chi connectivity index (χ2n) is 5.29. The number of rotatable bonds is 4. The molecule has 2 N–H and O–H groups in total. The van der Waals surface area contributed by atoms with Crippen LogP contribution < -0.4 is 5.32 Å². The maximum Gasteiger partial charge on any atom is 0.222 e. The highest BCUT2D eigenvalue weighted by Crippen LogP contribution is 2.20. The van der Waals surface area contributed by atoms with Crippen molar-refractivity contribution < 1.29 is 9.18 Å². The van der Waals surface area contributed by atoms with Gasteiger partial charge in [-0.1, -0.05) is 0 Å². The number of halogens is 1. The number of amides is 1. The molecule has 0 unspecified atom stereocenters. The van der Waals surface area contributed by atoms with Gasteiger partial charge in [0, 0.05) is 19.0 Å². The van der Waals surface area contributed by atoms with Gasteiger partial charge in [-0.05, 0) is 49.7 Å². The van der Waals surface area contributed by atoms with Crippen molar-refractivity contribution in [2.24, 2.45) is 0 Å². The van der Waals surface area contributed by atoms with Crippen molar-refractivity contribution in [2.45, 2.75) is 38.8 Å². The summed E-state index contributed by atoms with van der Waals surface area (Å²) >= 11 is 5.24. The summed E-state index contributed by atoms with van der Waals surface area (Å²) in [7, 11) is 0. The molecule has 0 bridgehead atoms. The molecule has 20 heavy (non-hydrogen) atoms. The minimum absolute atomic E-state index is 0.0441. The Balaban J connectivity index is 1.83. The van der Waals surface area contributed by atoms with Gasteiger partial charge in [-0.15, -0.1) is 0 Å². The summed E-state index contributed by atoms with van der Waals surface area (Å²) in [6.07, 6.45) is 2.54. The summed E-state index contributed by atoms with van der Waals surface area (Å²) < 4.78 is 15.9. The van der Waals surface area contributed by atoms with Gasteiger partial charge in [-0.25, -0.2) is 4.39 Å². The lowest BCUT2D eigenvalue weighted by Crippen LogP contribution is -2.26. The Morgan fingerprint density at radius 3 is 3.00 bits per heavy atom. The molecule has 1 fully saturated rings. The molecule has 1 amide bonds. The van der Waals surface area contributed by atoms with E-state index in [9.17, 15) is 9.18 Å². The fraction of sp³-hybridized carbons (Fsp3) is 0.429. The number of imidazole rings is 1. The molecule has 0 atom stereocenters. The monoisotopic (exact) mass is 293 g/mol. The van der Waals surface area contributed by atoms with Crippen LogP contribution in [0.4, 0.5) is 4.39 Å². The van der Waals surface area contributed by atoms with Crippen LogP contribution >= 0.6 is 12.2 Å². The maximum atomic E-state index is 13.5. The lowest BCUT2D eigenvalue weighted by Gasteiger charge is -2.06. The number of hydrogen-bond acceptors (Lipinski definition) is 2. The largest absolute Gasteiger partial charge is 0.353 e. The third-order valence-electron chi connectivity index (χ3n) is 3.56. The van der Waals surface area contributed by atoms with E-state index in [-0.39, 0.29) is 11.7 Å². The van der Waals surface area contributed by atoms with Crippen LogP contribution in [0.2, 0.25) is 0 Å². The van der Waals surface area contributed by atoms with Crippen LogP contribution in [0, 0.1) is 17.5 Å². The van der Waals surface area contributed by atoms with E-state index in [1.807, 2.05) is 4.57 Å². The molecule has 1 aliphatic rings. The summed E-state index contributed by atoms with van der Waals surface area (Å²) in [4.78, 5) is 14.7. The average molecular weight is 293 g/mol. The third kappa shape index (κ3) is 2.60. The van der Waals surface area contributed by atoms with Gasteiger partial charge in [0.15, 0.2) is 4.77 Å². The predicted octanol–water partition coefficient (Wildman–Crippen LogP) is 2.82. The lowest BCUT2D eigenvalue weighted by atomic mass is 10.2. The predicted molar refractivity (Wildman–Crippen MR) is 77.6 cm³/mol. The summed E-state index contributed by atoms with van der Waals surface area (Å²) in [5.74, 6) is -0.213. The molecule has 0 saturated heterocycles. The molecular weight excluding hydrogens is 277 g/mol. The summed E-state index contributed by atoms with van der Waals surface area (Å²) in [6.45, 7) is 2.22. The molecule has 4 nitrogen and oxygen atoms in total. The zero-order valence-corrected chi connectivity index (χ0v) is 12.0. The number of carbonyl (C=O) groups excluding carboxylic acids is 1. The Morgan fingerprint density at radius 1 is 1.55 bits per heavy atom. The van der Waals surface area contributed by atoms with Gasteiger partial charge in [-0.2, -0.15) is 0 Å². The number of aryl methyl sites for hydroxylation is 2. The van der Waals surface area contributed by atoms with Crippen LogP contribution in [-0.2, 0) is 11.3 Å². The van der Waals surface area contributed by atoms with Crippen molar-refractivity contribution >= 4 is 29.2 Å². The van der Waals surface area contributed by atoms with Crippen LogP contribution in [0.5, 0.6) is 0 Å². The van der Waals surface area contributed by atoms with Gasteiger partial charge in [0.1, 0.15) is 5.82 Å². The van der Waals surface area contributed by atoms with Crippen LogP contribution in [0.15, 0.2) is 12.1 Å². The Bertz CT molecular complexity index is 730. The first-order valence-corrected chi connectivity index (χ1v) is 7.13. The first-order valence-electron chi connectivity index (χ1n) is 6.72. The van der Waals surface area contributed by atoms with Crippen LogP contribution in [0.3, 0.4) is 0 Å². The normalized spacial score (nSPS) is 14.7. The SMILES string of the molecule is Cc1cc2c(cc1F)[nH]c(=S)n2CCC(=O)NC1CC1. The quantitative estimate of drug-likeness (QED) is 0.852. The smallest absolute Gasteiger partial charge is 0.222 e. The molecule has 1 aliphatic carbocycles. The summed E-state index contributed by atoms with van der Waals surface area (Å²) in [5, 5.41) is 2.95. The van der Waals surface area contributed by atoms with Crippen molar-refractivity contribution in [2.75, 3.05) is 0 Å². The fourth-order valence-corrected chi connectivity index (χ4v) is 2.54. The summed E-state index contributed by atoms with van der Waals surface area (Å²) in [5.41, 5.74) is 2.08. The second-order valence-corrected chi connectivity index (χ2v) is 5.68. The standard InChI is InChI=1S/C14H16FN3OS/c1-8-6-12-11(7-10(8)15)17-14(20)18(12)5-4-13(19)16-9-2-3-9/h6-7,9H,2-5H2,1H3,(H,16,19)(H,17,20). The topological polar surface area (TPSA) is 49.8 Å². The highest BCUT2D eigenvalue weighted by atomic mass is 32.1. The average Bonchev–Trinajstić information content (AvgIpc) is 3.13. The number of aromatic nitrogens is 2. The molecular formula is C14H16FN3OS. The Morgan fingerprint density at radius 2 is 2.30 bits per heavy atom. The Labute approximate surface area is 121 Å². The van der Waals surface area contributed by atoms with Crippen LogP contribution in [0.25, 0.3) is 11.0 Å². The van der Waals surface area contributed by atoms with Gasteiger partial charge < -0.3 is 14.9 Å². The molecule has 0 radical (unpaired) electrons. The van der Waals surface area contributed by atoms with Crippen molar-refractivity contribution in [3.63, 3.8) is 0 Å². The number of benzene rings is 1. The van der Waals surface area contributed by atoms with E-state index in [1.54, 1.807) is 13.0 Å². The van der Waals surface area contributed by atoms with Gasteiger partial charge in [0.05, 0.1) is 11.0 Å². The maximum absolute atomic E-state index is 13.5. The van der Waals surface area contributed by atoms with Crippen molar-refractivity contribution in [3.05, 3.63) is 28.3 Å². The molecule has 1 aromatic heterocycles. The number of hydrogen-bond donors (Lipinski definition) is 2. The van der Waals surface area contributed by atoms with E-state index in [2.05, 4.69) is 10.3 Å². The number of carbonyl (C=O) groups is 1. The number of fused-ring (bicyclic) bond motifs is 1. The van der Waals surface area contributed by atoms with E-state index >= 15 is 0 Å². The van der Waals surface area contributed by atoms with Gasteiger partial charge in [-0.3, -0.25) is 4.79 Å². The molecule has 1 saturated carbocycles. The van der Waals surface area contributed by atoms with E-state index < -0.39 is 0 Å². The molecule has 106 valence electrons. The summed E-state index contributed by atoms with van der Waals surface area (Å²) in [6, 6.07) is 3.58. The lowest BCUT2D eigenvalue weighted by molar-refractivity contribution is -0.121.